The van der Waals surface area contributed by atoms with Gasteiger partial charge in [0.2, 0.25) is 0 Å². The number of hydrazine groups is 1. The average Bonchev–Trinajstić information content (AvgIpc) is 2.97. The largest absolute Gasteiger partial charge is 0.497 e. The Balaban J connectivity index is 1.90. The Morgan fingerprint density at radius 1 is 1.55 bits per heavy atom. The first-order chi connectivity index (χ1) is 9.74. The number of nitrogens with two attached hydrogens (primary N) is 1. The fraction of sp³-hybridized carbons (Fsp3) is 0.600. The number of hydrogen-bond donors (Lipinski definition) is 2. The van der Waals surface area contributed by atoms with Crippen molar-refractivity contribution in [3.8, 4) is 5.75 Å². The van der Waals surface area contributed by atoms with Crippen LogP contribution in [0.5, 0.6) is 5.75 Å². The Labute approximate surface area is 119 Å². The monoisotopic (exact) mass is 282 g/mol. The van der Waals surface area contributed by atoms with Gasteiger partial charge in [-0.15, -0.1) is 0 Å². The smallest absolute Gasteiger partial charge is 0.131 e. The van der Waals surface area contributed by atoms with E-state index in [1.807, 2.05) is 0 Å². The fourth-order valence-corrected chi connectivity index (χ4v) is 2.67. The second-order valence-corrected chi connectivity index (χ2v) is 5.17. The molecular weight excluding hydrogens is 259 g/mol. The molecule has 20 heavy (non-hydrogen) atoms. The van der Waals surface area contributed by atoms with Gasteiger partial charge in [-0.1, -0.05) is 6.07 Å². The number of hydrogen-bond acceptors (Lipinski definition) is 4. The van der Waals surface area contributed by atoms with E-state index in [1.54, 1.807) is 12.1 Å². The van der Waals surface area contributed by atoms with Gasteiger partial charge in [-0.05, 0) is 38.2 Å². The standard InChI is InChI=1S/C15H23FN2O2/c1-19-12-7-8-13(14(16)10-12)15(18-17)6-2-4-11-5-3-9-20-11/h7-8,10-11,15,18H,2-6,9,17H2,1H3. The minimum atomic E-state index is -0.288. The molecule has 2 atom stereocenters. The molecule has 2 rings (SSSR count). The Morgan fingerprint density at radius 3 is 3.00 bits per heavy atom. The van der Waals surface area contributed by atoms with Gasteiger partial charge in [0.1, 0.15) is 11.6 Å². The van der Waals surface area contributed by atoms with Gasteiger partial charge in [-0.3, -0.25) is 11.3 Å². The van der Waals surface area contributed by atoms with Crippen molar-refractivity contribution in [2.24, 2.45) is 5.84 Å². The average molecular weight is 282 g/mol. The molecular formula is C15H23FN2O2. The van der Waals surface area contributed by atoms with Crippen molar-refractivity contribution in [3.63, 3.8) is 0 Å². The lowest BCUT2D eigenvalue weighted by atomic mass is 9.99. The molecule has 1 aromatic rings. The number of benzene rings is 1. The zero-order valence-corrected chi connectivity index (χ0v) is 11.9. The molecule has 3 N–H and O–H groups in total. The summed E-state index contributed by atoms with van der Waals surface area (Å²) in [6, 6.07) is 4.69. The van der Waals surface area contributed by atoms with Crippen molar-refractivity contribution >= 4 is 0 Å². The molecule has 0 amide bonds. The van der Waals surface area contributed by atoms with Gasteiger partial charge in [-0.2, -0.15) is 0 Å². The lowest BCUT2D eigenvalue weighted by Crippen LogP contribution is -2.29. The van der Waals surface area contributed by atoms with Crippen LogP contribution >= 0.6 is 0 Å². The maximum absolute atomic E-state index is 14.0. The van der Waals surface area contributed by atoms with Crippen LogP contribution in [0.1, 0.15) is 43.7 Å². The summed E-state index contributed by atoms with van der Waals surface area (Å²) >= 11 is 0. The molecule has 1 aliphatic rings. The van der Waals surface area contributed by atoms with Crippen LogP contribution in [0.2, 0.25) is 0 Å². The summed E-state index contributed by atoms with van der Waals surface area (Å²) in [6.07, 6.45) is 5.42. The van der Waals surface area contributed by atoms with E-state index >= 15 is 0 Å². The predicted octanol–water partition coefficient (Wildman–Crippen LogP) is 2.69. The molecule has 0 bridgehead atoms. The van der Waals surface area contributed by atoms with Crippen LogP contribution in [0.4, 0.5) is 4.39 Å². The lowest BCUT2D eigenvalue weighted by molar-refractivity contribution is 0.101. The molecule has 1 aromatic carbocycles. The quantitative estimate of drug-likeness (QED) is 0.596. The maximum Gasteiger partial charge on any atom is 0.131 e. The second-order valence-electron chi connectivity index (χ2n) is 5.17. The van der Waals surface area contributed by atoms with Crippen molar-refractivity contribution in [2.45, 2.75) is 44.2 Å². The molecule has 0 aromatic heterocycles. The third-order valence-corrected chi connectivity index (χ3v) is 3.83. The van der Waals surface area contributed by atoms with Crippen LogP contribution in [-0.4, -0.2) is 19.8 Å². The van der Waals surface area contributed by atoms with Crippen LogP contribution < -0.4 is 16.0 Å². The lowest BCUT2D eigenvalue weighted by Gasteiger charge is -2.18. The van der Waals surface area contributed by atoms with Crippen LogP contribution in [0.25, 0.3) is 0 Å². The first kappa shape index (κ1) is 15.2. The maximum atomic E-state index is 14.0. The van der Waals surface area contributed by atoms with Gasteiger partial charge >= 0.3 is 0 Å². The van der Waals surface area contributed by atoms with E-state index in [0.717, 1.165) is 38.7 Å². The van der Waals surface area contributed by atoms with Crippen LogP contribution in [-0.2, 0) is 4.74 Å². The van der Waals surface area contributed by atoms with E-state index in [-0.39, 0.29) is 11.9 Å². The number of halogens is 1. The minimum Gasteiger partial charge on any atom is -0.497 e. The van der Waals surface area contributed by atoms with E-state index in [9.17, 15) is 4.39 Å². The highest BCUT2D eigenvalue weighted by Gasteiger charge is 2.18. The van der Waals surface area contributed by atoms with E-state index in [2.05, 4.69) is 5.43 Å². The fourth-order valence-electron chi connectivity index (χ4n) is 2.67. The third-order valence-electron chi connectivity index (χ3n) is 3.83. The summed E-state index contributed by atoms with van der Waals surface area (Å²) in [5, 5.41) is 0. The first-order valence-electron chi connectivity index (χ1n) is 7.15. The molecule has 1 fully saturated rings. The normalized spacial score (nSPS) is 20.1. The van der Waals surface area contributed by atoms with E-state index < -0.39 is 0 Å². The topological polar surface area (TPSA) is 56.5 Å². The van der Waals surface area contributed by atoms with Gasteiger partial charge in [0.25, 0.3) is 0 Å². The van der Waals surface area contributed by atoms with Crippen molar-refractivity contribution in [2.75, 3.05) is 13.7 Å². The van der Waals surface area contributed by atoms with Gasteiger partial charge < -0.3 is 9.47 Å². The third kappa shape index (κ3) is 3.91. The van der Waals surface area contributed by atoms with Crippen LogP contribution in [0.3, 0.4) is 0 Å². The molecule has 2 unspecified atom stereocenters. The Bertz CT molecular complexity index is 422. The highest BCUT2D eigenvalue weighted by atomic mass is 19.1. The van der Waals surface area contributed by atoms with E-state index in [1.165, 1.54) is 13.2 Å². The highest BCUT2D eigenvalue weighted by molar-refractivity contribution is 5.30. The van der Waals surface area contributed by atoms with Crippen molar-refractivity contribution in [3.05, 3.63) is 29.6 Å². The molecule has 0 spiro atoms. The van der Waals surface area contributed by atoms with Crippen LogP contribution in [0.15, 0.2) is 18.2 Å². The molecule has 0 saturated carbocycles. The molecule has 0 radical (unpaired) electrons. The molecule has 1 aliphatic heterocycles. The summed E-state index contributed by atoms with van der Waals surface area (Å²) in [7, 11) is 1.52. The van der Waals surface area contributed by atoms with Gasteiger partial charge in [0, 0.05) is 24.3 Å². The molecule has 5 heteroatoms. The van der Waals surface area contributed by atoms with Gasteiger partial charge in [0.05, 0.1) is 13.2 Å². The molecule has 4 nitrogen and oxygen atoms in total. The Morgan fingerprint density at radius 2 is 2.40 bits per heavy atom. The SMILES string of the molecule is COc1ccc(C(CCCC2CCCO2)NN)c(F)c1. The van der Waals surface area contributed by atoms with Crippen molar-refractivity contribution < 1.29 is 13.9 Å². The summed E-state index contributed by atoms with van der Waals surface area (Å²) in [5.74, 6) is 5.79. The van der Waals surface area contributed by atoms with Gasteiger partial charge in [-0.25, -0.2) is 4.39 Å². The minimum absolute atomic E-state index is 0.178. The van der Waals surface area contributed by atoms with E-state index in [0.29, 0.717) is 17.4 Å². The molecule has 1 saturated heterocycles. The summed E-state index contributed by atoms with van der Waals surface area (Å²) < 4.78 is 24.6. The zero-order valence-electron chi connectivity index (χ0n) is 11.9. The summed E-state index contributed by atoms with van der Waals surface area (Å²) in [4.78, 5) is 0. The zero-order chi connectivity index (χ0) is 14.4. The van der Waals surface area contributed by atoms with E-state index in [4.69, 9.17) is 15.3 Å². The van der Waals surface area contributed by atoms with Gasteiger partial charge in [0.15, 0.2) is 0 Å². The Kier molecular flexibility index (Phi) is 5.76. The summed E-state index contributed by atoms with van der Waals surface area (Å²) in [5.41, 5.74) is 3.28. The molecule has 112 valence electrons. The molecule has 0 aliphatic carbocycles. The predicted molar refractivity (Wildman–Crippen MR) is 75.8 cm³/mol. The highest BCUT2D eigenvalue weighted by Crippen LogP contribution is 2.26. The number of nitrogens with one attached hydrogen (secondary N) is 1. The van der Waals surface area contributed by atoms with Crippen LogP contribution in [0, 0.1) is 5.82 Å². The number of methoxy groups -OCH3 is 1. The molecule has 1 heterocycles. The van der Waals surface area contributed by atoms with Crippen molar-refractivity contribution in [1.29, 1.82) is 0 Å². The second kappa shape index (κ2) is 7.57. The first-order valence-corrected chi connectivity index (χ1v) is 7.15. The summed E-state index contributed by atoms with van der Waals surface area (Å²) in [6.45, 7) is 0.871. The Hall–Kier alpha value is -1.17. The number of rotatable bonds is 7. The van der Waals surface area contributed by atoms with Crippen molar-refractivity contribution in [1.82, 2.24) is 5.43 Å². The number of ether oxygens (including phenoxy) is 2.